The summed E-state index contributed by atoms with van der Waals surface area (Å²) in [5.41, 5.74) is 12.5. The second-order valence-corrected chi connectivity index (χ2v) is 5.04. The van der Waals surface area contributed by atoms with Gasteiger partial charge in [-0.1, -0.05) is 0 Å². The van der Waals surface area contributed by atoms with Gasteiger partial charge in [0.05, 0.1) is 12.3 Å². The van der Waals surface area contributed by atoms with Crippen LogP contribution < -0.4 is 16.2 Å². The average molecular weight is 277 g/mol. The summed E-state index contributed by atoms with van der Waals surface area (Å²) >= 11 is 0. The molecule has 0 saturated carbocycles. The molecule has 110 valence electrons. The molecule has 0 saturated heterocycles. The second kappa shape index (κ2) is 7.49. The summed E-state index contributed by atoms with van der Waals surface area (Å²) in [6.45, 7) is 4.80. The monoisotopic (exact) mass is 277 g/mol. The predicted octanol–water partition coefficient (Wildman–Crippen LogP) is 1.14. The summed E-state index contributed by atoms with van der Waals surface area (Å²) in [7, 11) is 4.03. The van der Waals surface area contributed by atoms with Gasteiger partial charge in [0.25, 0.3) is 0 Å². The van der Waals surface area contributed by atoms with Gasteiger partial charge in [0.1, 0.15) is 5.75 Å². The molecule has 4 N–H and O–H groups in total. The smallest absolute Gasteiger partial charge is 0.211 e. The Morgan fingerprint density at radius 3 is 2.60 bits per heavy atom. The van der Waals surface area contributed by atoms with Crippen LogP contribution in [-0.2, 0) is 6.54 Å². The SMILES string of the molecule is CC(C)Oc1ccc(C=NN=C(N)N)cc1CN(C)C. The van der Waals surface area contributed by atoms with Crippen LogP contribution in [0.1, 0.15) is 25.0 Å². The van der Waals surface area contributed by atoms with E-state index in [-0.39, 0.29) is 12.1 Å². The Bertz CT molecular complexity index is 490. The molecule has 0 aliphatic rings. The van der Waals surface area contributed by atoms with Gasteiger partial charge in [-0.25, -0.2) is 0 Å². The molecule has 1 aromatic rings. The molecule has 0 bridgehead atoms. The van der Waals surface area contributed by atoms with E-state index in [9.17, 15) is 0 Å². The van der Waals surface area contributed by atoms with Gasteiger partial charge >= 0.3 is 0 Å². The molecule has 6 heteroatoms. The Morgan fingerprint density at radius 2 is 2.05 bits per heavy atom. The molecule has 0 radical (unpaired) electrons. The fourth-order valence-electron chi connectivity index (χ4n) is 1.68. The first-order valence-electron chi connectivity index (χ1n) is 6.44. The highest BCUT2D eigenvalue weighted by atomic mass is 16.5. The number of nitrogens with zero attached hydrogens (tertiary/aromatic N) is 3. The predicted molar refractivity (Wildman–Crippen MR) is 83.0 cm³/mol. The van der Waals surface area contributed by atoms with Gasteiger partial charge < -0.3 is 21.1 Å². The molecule has 0 unspecified atom stereocenters. The Balaban J connectivity index is 3.00. The molecule has 1 aromatic carbocycles. The molecule has 0 spiro atoms. The summed E-state index contributed by atoms with van der Waals surface area (Å²) in [6.07, 6.45) is 1.75. The van der Waals surface area contributed by atoms with Crippen LogP contribution in [0.2, 0.25) is 0 Å². The zero-order chi connectivity index (χ0) is 15.1. The molecule has 0 aliphatic carbocycles. The van der Waals surface area contributed by atoms with Gasteiger partial charge in [0, 0.05) is 12.1 Å². The highest BCUT2D eigenvalue weighted by Crippen LogP contribution is 2.22. The summed E-state index contributed by atoms with van der Waals surface area (Å²) < 4.78 is 5.81. The van der Waals surface area contributed by atoms with Crippen molar-refractivity contribution in [2.75, 3.05) is 14.1 Å². The van der Waals surface area contributed by atoms with Crippen LogP contribution in [0.5, 0.6) is 5.75 Å². The maximum atomic E-state index is 5.81. The van der Waals surface area contributed by atoms with E-state index in [1.54, 1.807) is 6.21 Å². The minimum atomic E-state index is -0.0606. The average Bonchev–Trinajstić information content (AvgIpc) is 2.30. The van der Waals surface area contributed by atoms with E-state index in [2.05, 4.69) is 15.1 Å². The van der Waals surface area contributed by atoms with E-state index in [4.69, 9.17) is 16.2 Å². The zero-order valence-corrected chi connectivity index (χ0v) is 12.5. The number of hydrogen-bond acceptors (Lipinski definition) is 4. The van der Waals surface area contributed by atoms with Crippen molar-refractivity contribution in [2.45, 2.75) is 26.5 Å². The molecule has 6 nitrogen and oxygen atoms in total. The molecule has 0 aromatic heterocycles. The van der Waals surface area contributed by atoms with Crippen LogP contribution in [0.15, 0.2) is 28.4 Å². The number of rotatable bonds is 6. The number of guanidine groups is 1. The van der Waals surface area contributed by atoms with Crippen LogP contribution in [0.25, 0.3) is 0 Å². The van der Waals surface area contributed by atoms with E-state index in [1.807, 2.05) is 46.1 Å². The van der Waals surface area contributed by atoms with Crippen molar-refractivity contribution in [2.24, 2.45) is 21.7 Å². The molecular weight excluding hydrogens is 254 g/mol. The summed E-state index contributed by atoms with van der Waals surface area (Å²) in [5, 5.41) is 7.39. The molecule has 0 atom stereocenters. The van der Waals surface area contributed by atoms with Crippen LogP contribution >= 0.6 is 0 Å². The van der Waals surface area contributed by atoms with Crippen molar-refractivity contribution >= 4 is 12.2 Å². The Hall–Kier alpha value is -2.08. The lowest BCUT2D eigenvalue weighted by Crippen LogP contribution is -2.21. The minimum Gasteiger partial charge on any atom is -0.491 e. The fraction of sp³-hybridized carbons (Fsp3) is 0.429. The first-order chi connectivity index (χ1) is 9.38. The molecule has 1 rings (SSSR count). The first-order valence-corrected chi connectivity index (χ1v) is 6.44. The quantitative estimate of drug-likeness (QED) is 0.463. The van der Waals surface area contributed by atoms with Crippen molar-refractivity contribution in [3.63, 3.8) is 0 Å². The molecule has 0 fully saturated rings. The Morgan fingerprint density at radius 1 is 1.35 bits per heavy atom. The van der Waals surface area contributed by atoms with Crippen molar-refractivity contribution in [1.82, 2.24) is 4.90 Å². The highest BCUT2D eigenvalue weighted by Gasteiger charge is 2.07. The fourth-order valence-corrected chi connectivity index (χ4v) is 1.68. The minimum absolute atomic E-state index is 0.0606. The van der Waals surface area contributed by atoms with Gasteiger partial charge in [-0.2, -0.15) is 5.10 Å². The molecule has 0 amide bonds. The summed E-state index contributed by atoms with van der Waals surface area (Å²) in [6, 6.07) is 5.88. The van der Waals surface area contributed by atoms with E-state index < -0.39 is 0 Å². The zero-order valence-electron chi connectivity index (χ0n) is 12.5. The maximum absolute atomic E-state index is 5.81. The van der Waals surface area contributed by atoms with Crippen LogP contribution in [-0.4, -0.2) is 37.3 Å². The Kier molecular flexibility index (Phi) is 5.99. The first kappa shape index (κ1) is 16.0. The van der Waals surface area contributed by atoms with E-state index in [1.165, 1.54) is 0 Å². The number of nitrogens with two attached hydrogens (primary N) is 2. The molecule has 0 aliphatic heterocycles. The number of ether oxygens (including phenoxy) is 1. The summed E-state index contributed by atoms with van der Waals surface area (Å²) in [5.74, 6) is 0.821. The lowest BCUT2D eigenvalue weighted by molar-refractivity contribution is 0.236. The normalized spacial score (nSPS) is 11.3. The van der Waals surface area contributed by atoms with Crippen molar-refractivity contribution in [3.8, 4) is 5.75 Å². The van der Waals surface area contributed by atoms with Crippen molar-refractivity contribution < 1.29 is 4.74 Å². The van der Waals surface area contributed by atoms with Gasteiger partial charge in [0.15, 0.2) is 0 Å². The molecule has 0 heterocycles. The van der Waals surface area contributed by atoms with Gasteiger partial charge in [-0.3, -0.25) is 0 Å². The van der Waals surface area contributed by atoms with Gasteiger partial charge in [-0.05, 0) is 51.7 Å². The second-order valence-electron chi connectivity index (χ2n) is 5.04. The maximum Gasteiger partial charge on any atom is 0.211 e. The summed E-state index contributed by atoms with van der Waals surface area (Å²) in [4.78, 5) is 2.08. The highest BCUT2D eigenvalue weighted by molar-refractivity contribution is 5.82. The van der Waals surface area contributed by atoms with Crippen molar-refractivity contribution in [3.05, 3.63) is 29.3 Å². The molecular formula is C14H23N5O. The number of benzene rings is 1. The van der Waals surface area contributed by atoms with Crippen LogP contribution in [0.4, 0.5) is 0 Å². The van der Waals surface area contributed by atoms with Crippen molar-refractivity contribution in [1.29, 1.82) is 0 Å². The van der Waals surface area contributed by atoms with E-state index in [0.717, 1.165) is 23.4 Å². The largest absolute Gasteiger partial charge is 0.491 e. The lowest BCUT2D eigenvalue weighted by atomic mass is 10.1. The third-order valence-corrected chi connectivity index (χ3v) is 2.31. The number of hydrogen-bond donors (Lipinski definition) is 2. The third-order valence-electron chi connectivity index (χ3n) is 2.31. The molecule has 20 heavy (non-hydrogen) atoms. The Labute approximate surface area is 120 Å². The standard InChI is InChI=1S/C14H23N5O/c1-10(2)20-13-6-5-11(8-17-18-14(15)16)7-12(13)9-19(3)4/h5-8,10H,9H2,1-4H3,(H4,15,16,18). The van der Waals surface area contributed by atoms with Gasteiger partial charge in [0.2, 0.25) is 5.96 Å². The van der Waals surface area contributed by atoms with Gasteiger partial charge in [-0.15, -0.1) is 5.10 Å². The van der Waals surface area contributed by atoms with E-state index in [0.29, 0.717) is 0 Å². The lowest BCUT2D eigenvalue weighted by Gasteiger charge is -2.17. The van der Waals surface area contributed by atoms with E-state index >= 15 is 0 Å². The third kappa shape index (κ3) is 5.71. The topological polar surface area (TPSA) is 89.2 Å². The van der Waals surface area contributed by atoms with Crippen LogP contribution in [0, 0.1) is 0 Å². The van der Waals surface area contributed by atoms with Crippen LogP contribution in [0.3, 0.4) is 0 Å².